The molecule has 2 N–H and O–H groups in total. The highest BCUT2D eigenvalue weighted by molar-refractivity contribution is 5.52. The molecule has 0 aliphatic heterocycles. The van der Waals surface area contributed by atoms with Crippen molar-refractivity contribution < 1.29 is 13.7 Å². The number of hydrogen-bond acceptors (Lipinski definition) is 4. The molecule has 0 radical (unpaired) electrons. The number of aromatic nitrogens is 2. The Hall–Kier alpha value is -2.51. The zero-order chi connectivity index (χ0) is 14.2. The molecule has 2 aromatic rings. The Balaban J connectivity index is 2.47. The van der Waals surface area contributed by atoms with Gasteiger partial charge in [-0.1, -0.05) is 0 Å². The predicted octanol–water partition coefficient (Wildman–Crippen LogP) is 2.26. The van der Waals surface area contributed by atoms with Gasteiger partial charge in [-0.05, 0) is 25.1 Å². The van der Waals surface area contributed by atoms with E-state index < -0.39 is 22.6 Å². The quantitative estimate of drug-likeness (QED) is 0.683. The summed E-state index contributed by atoms with van der Waals surface area (Å²) in [5, 5.41) is 14.4. The molecule has 0 saturated carbocycles. The fourth-order valence-electron chi connectivity index (χ4n) is 1.78. The Kier molecular flexibility index (Phi) is 3.16. The molecule has 0 aliphatic rings. The summed E-state index contributed by atoms with van der Waals surface area (Å²) in [7, 11) is 0. The van der Waals surface area contributed by atoms with Crippen LogP contribution in [0, 0.1) is 21.7 Å². The zero-order valence-electron chi connectivity index (χ0n) is 9.88. The summed E-state index contributed by atoms with van der Waals surface area (Å²) in [5.41, 5.74) is 5.22. The van der Waals surface area contributed by atoms with Gasteiger partial charge in [-0.15, -0.1) is 0 Å². The van der Waals surface area contributed by atoms with Crippen molar-refractivity contribution in [3.05, 3.63) is 51.7 Å². The smallest absolute Gasteiger partial charge is 0.330 e. The number of hydrogen-bond donors (Lipinski definition) is 1. The van der Waals surface area contributed by atoms with Crippen LogP contribution in [0.25, 0.3) is 0 Å². The normalized spacial score (nSPS) is 12.4. The monoisotopic (exact) mass is 268 g/mol. The van der Waals surface area contributed by atoms with Crippen LogP contribution in [0.5, 0.6) is 0 Å². The number of anilines is 1. The molecule has 1 atom stereocenters. The summed E-state index contributed by atoms with van der Waals surface area (Å²) in [6, 6.07) is 2.22. The van der Waals surface area contributed by atoms with Gasteiger partial charge in [0.05, 0.1) is 11.0 Å². The van der Waals surface area contributed by atoms with Crippen LogP contribution in [0.4, 0.5) is 20.3 Å². The molecule has 2 rings (SSSR count). The Morgan fingerprint density at radius 1 is 1.47 bits per heavy atom. The van der Waals surface area contributed by atoms with Crippen molar-refractivity contribution in [1.29, 1.82) is 0 Å². The summed E-state index contributed by atoms with van der Waals surface area (Å²) in [6.07, 6.45) is 0.975. The van der Waals surface area contributed by atoms with Crippen molar-refractivity contribution in [1.82, 2.24) is 9.78 Å². The first kappa shape index (κ1) is 12.9. The van der Waals surface area contributed by atoms with E-state index in [-0.39, 0.29) is 17.1 Å². The molecule has 0 amide bonds. The molecule has 6 nitrogen and oxygen atoms in total. The molecule has 0 saturated heterocycles. The zero-order valence-corrected chi connectivity index (χ0v) is 9.88. The van der Waals surface area contributed by atoms with Gasteiger partial charge in [0, 0.05) is 5.56 Å². The lowest BCUT2D eigenvalue weighted by Crippen LogP contribution is -2.13. The number of rotatable bonds is 3. The van der Waals surface area contributed by atoms with Gasteiger partial charge in [-0.3, -0.25) is 10.1 Å². The minimum atomic E-state index is -0.760. The molecule has 1 aromatic heterocycles. The van der Waals surface area contributed by atoms with Gasteiger partial charge >= 0.3 is 5.69 Å². The molecule has 0 fully saturated rings. The second-order valence-electron chi connectivity index (χ2n) is 3.96. The van der Waals surface area contributed by atoms with E-state index in [0.29, 0.717) is 0 Å². The molecule has 0 aliphatic carbocycles. The third kappa shape index (κ3) is 2.24. The lowest BCUT2D eigenvalue weighted by Gasteiger charge is -2.14. The van der Waals surface area contributed by atoms with Gasteiger partial charge in [0.1, 0.15) is 17.8 Å². The maximum Gasteiger partial charge on any atom is 0.330 e. The van der Waals surface area contributed by atoms with Crippen molar-refractivity contribution in [3.63, 3.8) is 0 Å². The third-order valence-electron chi connectivity index (χ3n) is 2.79. The van der Waals surface area contributed by atoms with E-state index in [1.807, 2.05) is 0 Å². The van der Waals surface area contributed by atoms with E-state index in [1.54, 1.807) is 0 Å². The summed E-state index contributed by atoms with van der Waals surface area (Å²) < 4.78 is 27.8. The Morgan fingerprint density at radius 2 is 2.16 bits per heavy atom. The molecule has 8 heteroatoms. The highest BCUT2D eigenvalue weighted by Crippen LogP contribution is 2.28. The van der Waals surface area contributed by atoms with E-state index in [0.717, 1.165) is 29.1 Å². The summed E-state index contributed by atoms with van der Waals surface area (Å²) in [4.78, 5) is 9.97. The average molecular weight is 268 g/mol. The van der Waals surface area contributed by atoms with Crippen LogP contribution in [0.2, 0.25) is 0 Å². The second-order valence-corrected chi connectivity index (χ2v) is 3.96. The first-order valence-corrected chi connectivity index (χ1v) is 5.34. The molecule has 0 spiro atoms. The first-order valence-electron chi connectivity index (χ1n) is 5.34. The standard InChI is InChI=1S/C11H10F2N4O2/c1-6(8-4-7(12)2-3-9(8)13)16-11(14)10(5-15-16)17(18)19/h2-6H,14H2,1H3. The third-order valence-corrected chi connectivity index (χ3v) is 2.79. The molecule has 1 unspecified atom stereocenters. The molecular formula is C11H10F2N4O2. The van der Waals surface area contributed by atoms with Gasteiger partial charge in [0.15, 0.2) is 0 Å². The number of nitrogen functional groups attached to an aromatic ring is 1. The van der Waals surface area contributed by atoms with E-state index in [1.165, 1.54) is 6.92 Å². The highest BCUT2D eigenvalue weighted by atomic mass is 19.1. The number of halogens is 2. The molecule has 19 heavy (non-hydrogen) atoms. The second kappa shape index (κ2) is 4.63. The van der Waals surface area contributed by atoms with Crippen molar-refractivity contribution >= 4 is 11.5 Å². The Bertz CT molecular complexity index is 642. The maximum atomic E-state index is 13.6. The van der Waals surface area contributed by atoms with Crippen LogP contribution in [0.3, 0.4) is 0 Å². The molecule has 100 valence electrons. The van der Waals surface area contributed by atoms with Crippen LogP contribution < -0.4 is 5.73 Å². The highest BCUT2D eigenvalue weighted by Gasteiger charge is 2.23. The van der Waals surface area contributed by atoms with Crippen LogP contribution in [-0.2, 0) is 0 Å². The number of nitrogens with zero attached hydrogens (tertiary/aromatic N) is 3. The van der Waals surface area contributed by atoms with Crippen molar-refractivity contribution in [2.75, 3.05) is 5.73 Å². The lowest BCUT2D eigenvalue weighted by molar-refractivity contribution is -0.384. The van der Waals surface area contributed by atoms with Gasteiger partial charge in [0.25, 0.3) is 0 Å². The van der Waals surface area contributed by atoms with Crippen molar-refractivity contribution in [2.45, 2.75) is 13.0 Å². The van der Waals surface area contributed by atoms with E-state index in [9.17, 15) is 18.9 Å². The minimum Gasteiger partial charge on any atom is -0.378 e. The topological polar surface area (TPSA) is 87.0 Å². The summed E-state index contributed by atoms with van der Waals surface area (Å²) >= 11 is 0. The fraction of sp³-hybridized carbons (Fsp3) is 0.182. The van der Waals surface area contributed by atoms with Crippen molar-refractivity contribution in [2.24, 2.45) is 0 Å². The van der Waals surface area contributed by atoms with Gasteiger partial charge in [-0.25, -0.2) is 13.5 Å². The lowest BCUT2D eigenvalue weighted by atomic mass is 10.1. The fourth-order valence-corrected chi connectivity index (χ4v) is 1.78. The van der Waals surface area contributed by atoms with Crippen LogP contribution in [-0.4, -0.2) is 14.7 Å². The van der Waals surface area contributed by atoms with E-state index in [4.69, 9.17) is 5.73 Å². The minimum absolute atomic E-state index is 0.0182. The Labute approximate surface area is 106 Å². The van der Waals surface area contributed by atoms with Gasteiger partial charge in [-0.2, -0.15) is 5.10 Å². The van der Waals surface area contributed by atoms with Gasteiger partial charge < -0.3 is 5.73 Å². The summed E-state index contributed by atoms with van der Waals surface area (Å²) in [5.74, 6) is -1.45. The Morgan fingerprint density at radius 3 is 2.74 bits per heavy atom. The first-order chi connectivity index (χ1) is 8.91. The number of nitro groups is 1. The molecule has 1 aromatic carbocycles. The number of nitrogens with two attached hydrogens (primary N) is 1. The van der Waals surface area contributed by atoms with Crippen LogP contribution >= 0.6 is 0 Å². The van der Waals surface area contributed by atoms with Crippen LogP contribution in [0.15, 0.2) is 24.4 Å². The van der Waals surface area contributed by atoms with Crippen molar-refractivity contribution in [3.8, 4) is 0 Å². The molecule has 1 heterocycles. The molecule has 0 bridgehead atoms. The van der Waals surface area contributed by atoms with E-state index >= 15 is 0 Å². The number of benzene rings is 1. The average Bonchev–Trinajstić information content (AvgIpc) is 2.73. The summed E-state index contributed by atoms with van der Waals surface area (Å²) in [6.45, 7) is 1.52. The predicted molar refractivity (Wildman–Crippen MR) is 63.5 cm³/mol. The SMILES string of the molecule is CC(c1cc(F)ccc1F)n1ncc([N+](=O)[O-])c1N. The maximum absolute atomic E-state index is 13.6. The largest absolute Gasteiger partial charge is 0.378 e. The van der Waals surface area contributed by atoms with Gasteiger partial charge in [0.2, 0.25) is 5.82 Å². The molecular weight excluding hydrogens is 258 g/mol. The van der Waals surface area contributed by atoms with E-state index in [2.05, 4.69) is 5.10 Å². The van der Waals surface area contributed by atoms with Crippen LogP contribution in [0.1, 0.15) is 18.5 Å².